The number of rotatable bonds is 11. The Morgan fingerprint density at radius 2 is 1.78 bits per heavy atom. The molecule has 1 aromatic heterocycles. The number of ketones is 1. The second-order valence-electron chi connectivity index (χ2n) is 8.99. The zero-order valence-electron chi connectivity index (χ0n) is 21.0. The molecule has 7 heteroatoms. The molecule has 37 heavy (non-hydrogen) atoms. The number of carbonyl (C=O) groups is 1. The molecule has 0 N–H and O–H groups in total. The molecule has 0 saturated heterocycles. The lowest BCUT2D eigenvalue weighted by Crippen LogP contribution is -2.36. The van der Waals surface area contributed by atoms with E-state index in [1.165, 1.54) is 35.4 Å². The molecule has 1 unspecified atom stereocenters. The van der Waals surface area contributed by atoms with E-state index in [-0.39, 0.29) is 24.2 Å². The van der Waals surface area contributed by atoms with Crippen LogP contribution in [0.4, 0.5) is 4.39 Å². The third kappa shape index (κ3) is 7.07. The number of ether oxygens (including phenoxy) is 1. The Morgan fingerprint density at radius 1 is 1.00 bits per heavy atom. The lowest BCUT2D eigenvalue weighted by Gasteiger charge is -2.19. The molecule has 0 radical (unpaired) electrons. The SMILES string of the molecule is CCc1ccc(COC(Cn2cc[n+](CC(=O)c3ccc(F)cc3)c2)c2ccc(Cl)cc2Cl)c(CC)c1. The van der Waals surface area contributed by atoms with Crippen LogP contribution < -0.4 is 4.57 Å². The highest BCUT2D eigenvalue weighted by atomic mass is 35.5. The van der Waals surface area contributed by atoms with Crippen molar-refractivity contribution >= 4 is 29.0 Å². The van der Waals surface area contributed by atoms with Crippen LogP contribution in [0.15, 0.2) is 79.4 Å². The molecule has 0 aliphatic rings. The second kappa shape index (κ2) is 12.5. The van der Waals surface area contributed by atoms with Gasteiger partial charge in [0, 0.05) is 21.2 Å². The molecule has 1 atom stereocenters. The Labute approximate surface area is 227 Å². The van der Waals surface area contributed by atoms with E-state index in [1.807, 2.05) is 35.4 Å². The zero-order valence-corrected chi connectivity index (χ0v) is 22.5. The molecule has 0 aliphatic heterocycles. The molecule has 4 aromatic rings. The number of hydrogen-bond donors (Lipinski definition) is 0. The van der Waals surface area contributed by atoms with Crippen LogP contribution in [0.5, 0.6) is 0 Å². The van der Waals surface area contributed by atoms with E-state index in [0.29, 0.717) is 28.8 Å². The van der Waals surface area contributed by atoms with Gasteiger partial charge in [0.1, 0.15) is 30.9 Å². The Bertz CT molecular complexity index is 1370. The Balaban J connectivity index is 1.52. The van der Waals surface area contributed by atoms with Gasteiger partial charge in [-0.2, -0.15) is 0 Å². The molecule has 0 fully saturated rings. The third-order valence-electron chi connectivity index (χ3n) is 6.42. The second-order valence-corrected chi connectivity index (χ2v) is 9.83. The minimum atomic E-state index is -0.366. The van der Waals surface area contributed by atoms with Gasteiger partial charge < -0.3 is 4.74 Å². The number of halogens is 3. The lowest BCUT2D eigenvalue weighted by molar-refractivity contribution is -0.682. The van der Waals surface area contributed by atoms with Gasteiger partial charge in [-0.05, 0) is 65.9 Å². The Morgan fingerprint density at radius 3 is 2.49 bits per heavy atom. The van der Waals surface area contributed by atoms with Gasteiger partial charge in [-0.1, -0.05) is 61.3 Å². The van der Waals surface area contributed by atoms with E-state index in [4.69, 9.17) is 27.9 Å². The van der Waals surface area contributed by atoms with E-state index >= 15 is 0 Å². The monoisotopic (exact) mass is 539 g/mol. The predicted molar refractivity (Wildman–Crippen MR) is 145 cm³/mol. The van der Waals surface area contributed by atoms with E-state index in [9.17, 15) is 9.18 Å². The lowest BCUT2D eigenvalue weighted by atomic mass is 10.0. The van der Waals surface area contributed by atoms with Crippen molar-refractivity contribution in [2.24, 2.45) is 0 Å². The average molecular weight is 540 g/mol. The fourth-order valence-electron chi connectivity index (χ4n) is 4.29. The Kier molecular flexibility index (Phi) is 9.14. The van der Waals surface area contributed by atoms with E-state index in [0.717, 1.165) is 24.0 Å². The number of carbonyl (C=O) groups excluding carboxylic acids is 1. The van der Waals surface area contributed by atoms with Crippen LogP contribution >= 0.6 is 23.2 Å². The summed E-state index contributed by atoms with van der Waals surface area (Å²) in [4.78, 5) is 12.6. The Hall–Kier alpha value is -2.99. The van der Waals surface area contributed by atoms with Gasteiger partial charge in [0.25, 0.3) is 0 Å². The zero-order chi connectivity index (χ0) is 26.4. The van der Waals surface area contributed by atoms with E-state index < -0.39 is 0 Å². The van der Waals surface area contributed by atoms with Gasteiger partial charge in [0.2, 0.25) is 12.1 Å². The van der Waals surface area contributed by atoms with Crippen molar-refractivity contribution in [1.29, 1.82) is 0 Å². The number of benzene rings is 3. The molecular weight excluding hydrogens is 510 g/mol. The number of hydrogen-bond acceptors (Lipinski definition) is 2. The summed E-state index contributed by atoms with van der Waals surface area (Å²) < 4.78 is 23.4. The van der Waals surface area contributed by atoms with Crippen LogP contribution in [0.3, 0.4) is 0 Å². The highest BCUT2D eigenvalue weighted by Gasteiger charge is 2.21. The molecule has 0 saturated carbocycles. The first-order valence-corrected chi connectivity index (χ1v) is 13.1. The molecule has 4 nitrogen and oxygen atoms in total. The van der Waals surface area contributed by atoms with Crippen LogP contribution in [-0.2, 0) is 37.3 Å². The quantitative estimate of drug-likeness (QED) is 0.149. The van der Waals surface area contributed by atoms with E-state index in [2.05, 4.69) is 32.0 Å². The summed E-state index contributed by atoms with van der Waals surface area (Å²) in [7, 11) is 0. The number of imidazole rings is 1. The highest BCUT2D eigenvalue weighted by Crippen LogP contribution is 2.31. The van der Waals surface area contributed by atoms with Crippen LogP contribution in [0.1, 0.15) is 52.6 Å². The summed E-state index contributed by atoms with van der Waals surface area (Å²) in [6.07, 6.45) is 7.17. The maximum Gasteiger partial charge on any atom is 0.244 e. The van der Waals surface area contributed by atoms with Gasteiger partial charge in [-0.25, -0.2) is 13.5 Å². The van der Waals surface area contributed by atoms with Crippen LogP contribution in [0.25, 0.3) is 0 Å². The summed E-state index contributed by atoms with van der Waals surface area (Å²) >= 11 is 12.7. The molecule has 0 bridgehead atoms. The summed E-state index contributed by atoms with van der Waals surface area (Å²) in [5.41, 5.74) is 5.05. The molecule has 0 amide bonds. The predicted octanol–water partition coefficient (Wildman–Crippen LogP) is 7.19. The molecule has 0 aliphatic carbocycles. The summed E-state index contributed by atoms with van der Waals surface area (Å²) in [6, 6.07) is 17.5. The topological polar surface area (TPSA) is 35.1 Å². The summed E-state index contributed by atoms with van der Waals surface area (Å²) in [5, 5.41) is 1.11. The van der Waals surface area contributed by atoms with Crippen LogP contribution in [0.2, 0.25) is 10.0 Å². The minimum absolute atomic E-state index is 0.0982. The van der Waals surface area contributed by atoms with Crippen molar-refractivity contribution in [2.75, 3.05) is 0 Å². The van der Waals surface area contributed by atoms with Crippen molar-refractivity contribution in [3.8, 4) is 0 Å². The van der Waals surface area contributed by atoms with Gasteiger partial charge >= 0.3 is 0 Å². The molecule has 0 spiro atoms. The summed E-state index contributed by atoms with van der Waals surface area (Å²) in [5.74, 6) is -0.464. The fraction of sp³-hybridized carbons (Fsp3) is 0.267. The van der Waals surface area contributed by atoms with Gasteiger partial charge in [-0.3, -0.25) is 4.79 Å². The van der Waals surface area contributed by atoms with Crippen LogP contribution in [-0.4, -0.2) is 10.4 Å². The van der Waals surface area contributed by atoms with Gasteiger partial charge in [0.05, 0.1) is 6.61 Å². The normalized spacial score (nSPS) is 12.0. The van der Waals surface area contributed by atoms with Crippen molar-refractivity contribution < 1.29 is 18.5 Å². The maximum absolute atomic E-state index is 13.2. The maximum atomic E-state index is 13.2. The van der Waals surface area contributed by atoms with E-state index in [1.54, 1.807) is 10.6 Å². The minimum Gasteiger partial charge on any atom is -0.365 e. The molecule has 3 aromatic carbocycles. The smallest absolute Gasteiger partial charge is 0.244 e. The molecular formula is C30H30Cl2FN2O2+. The van der Waals surface area contributed by atoms with Gasteiger partial charge in [-0.15, -0.1) is 0 Å². The number of nitrogens with zero attached hydrogens (tertiary/aromatic N) is 2. The van der Waals surface area contributed by atoms with Crippen LogP contribution in [0, 0.1) is 5.82 Å². The van der Waals surface area contributed by atoms with Crippen molar-refractivity contribution in [2.45, 2.75) is 52.5 Å². The first-order valence-electron chi connectivity index (χ1n) is 12.4. The molecule has 192 valence electrons. The average Bonchev–Trinajstić information content (AvgIpc) is 3.33. The van der Waals surface area contributed by atoms with Crippen molar-refractivity contribution in [1.82, 2.24) is 4.57 Å². The first kappa shape index (κ1) is 27.1. The third-order valence-corrected chi connectivity index (χ3v) is 6.99. The van der Waals surface area contributed by atoms with Crippen molar-refractivity contribution in [3.63, 3.8) is 0 Å². The number of Topliss-reactive ketones (excluding diaryl/α,β-unsaturated/α-hetero) is 1. The number of aryl methyl sites for hydroxylation is 2. The van der Waals surface area contributed by atoms with Gasteiger partial charge in [0.15, 0.2) is 6.54 Å². The standard InChI is InChI=1S/C30H30Cl2FN2O2/c1-3-21-5-6-24(22(4-2)15-21)19-37-30(27-12-9-25(31)16-28(27)32)18-35-14-13-34(20-35)17-29(36)23-7-10-26(33)11-8-23/h5-16,20,30H,3-4,17-19H2,1-2H3/q+1. The molecule has 4 rings (SSSR count). The number of aromatic nitrogens is 2. The summed E-state index contributed by atoms with van der Waals surface area (Å²) in [6.45, 7) is 5.39. The van der Waals surface area contributed by atoms with Crippen molar-refractivity contribution in [3.05, 3.63) is 123 Å². The first-order chi connectivity index (χ1) is 17.9. The largest absolute Gasteiger partial charge is 0.365 e. The molecule has 1 heterocycles. The fourth-order valence-corrected chi connectivity index (χ4v) is 4.82. The highest BCUT2D eigenvalue weighted by molar-refractivity contribution is 6.35.